The van der Waals surface area contributed by atoms with Crippen molar-refractivity contribution >= 4 is 0 Å². The summed E-state index contributed by atoms with van der Waals surface area (Å²) in [5.41, 5.74) is 5.93. The maximum Gasteiger partial charge on any atom is 0.0480 e. The predicted octanol–water partition coefficient (Wildman–Crippen LogP) is 2.05. The molecule has 0 radical (unpaired) electrons. The van der Waals surface area contributed by atoms with Gasteiger partial charge in [-0.15, -0.1) is 0 Å². The zero-order chi connectivity index (χ0) is 11.9. The van der Waals surface area contributed by atoms with Crippen molar-refractivity contribution in [3.63, 3.8) is 0 Å². The first-order valence-corrected chi connectivity index (χ1v) is 6.67. The lowest BCUT2D eigenvalue weighted by atomic mass is 9.95. The van der Waals surface area contributed by atoms with Crippen LogP contribution in [0, 0.1) is 0 Å². The van der Waals surface area contributed by atoms with Crippen LogP contribution in [0.25, 0.3) is 0 Å². The molecule has 0 aromatic heterocycles. The third-order valence-electron chi connectivity index (χ3n) is 3.72. The molecule has 3 N–H and O–H groups in total. The Labute approximate surface area is 100 Å². The molecular formula is C13H28N2O. The van der Waals surface area contributed by atoms with Crippen LogP contribution in [0.4, 0.5) is 0 Å². The van der Waals surface area contributed by atoms with Crippen molar-refractivity contribution < 1.29 is 4.74 Å². The molecule has 0 bridgehead atoms. The van der Waals surface area contributed by atoms with Crippen LogP contribution < -0.4 is 11.1 Å². The summed E-state index contributed by atoms with van der Waals surface area (Å²) < 4.78 is 5.16. The second-order valence-electron chi connectivity index (χ2n) is 5.34. The first-order valence-electron chi connectivity index (χ1n) is 6.67. The van der Waals surface area contributed by atoms with Gasteiger partial charge in [0.1, 0.15) is 0 Å². The van der Waals surface area contributed by atoms with Gasteiger partial charge in [0.25, 0.3) is 0 Å². The number of ether oxygens (including phenoxy) is 1. The highest BCUT2D eigenvalue weighted by Gasteiger charge is 2.25. The predicted molar refractivity (Wildman–Crippen MR) is 68.6 cm³/mol. The molecule has 0 spiro atoms. The van der Waals surface area contributed by atoms with E-state index in [-0.39, 0.29) is 5.54 Å². The summed E-state index contributed by atoms with van der Waals surface area (Å²) in [6.07, 6.45) is 9.14. The quantitative estimate of drug-likeness (QED) is 0.684. The number of hydrogen-bond donors (Lipinski definition) is 2. The van der Waals surface area contributed by atoms with Gasteiger partial charge in [-0.25, -0.2) is 0 Å². The Kier molecular flexibility index (Phi) is 6.32. The molecule has 1 saturated carbocycles. The highest BCUT2D eigenvalue weighted by Crippen LogP contribution is 2.20. The molecule has 1 rings (SSSR count). The lowest BCUT2D eigenvalue weighted by Crippen LogP contribution is -2.53. The van der Waals surface area contributed by atoms with Gasteiger partial charge in [-0.2, -0.15) is 0 Å². The topological polar surface area (TPSA) is 47.3 Å². The summed E-state index contributed by atoms with van der Waals surface area (Å²) in [5, 5.41) is 3.75. The minimum absolute atomic E-state index is 0.0466. The summed E-state index contributed by atoms with van der Waals surface area (Å²) in [6.45, 7) is 3.69. The van der Waals surface area contributed by atoms with Gasteiger partial charge in [-0.1, -0.05) is 25.7 Å². The van der Waals surface area contributed by atoms with E-state index in [9.17, 15) is 0 Å². The second kappa shape index (κ2) is 7.25. The standard InChI is InChI=1S/C13H28N2O/c1-13(11-14,9-10-16-2)15-12-7-5-3-4-6-8-12/h12,15H,3-11,14H2,1-2H3. The molecule has 1 atom stereocenters. The molecule has 3 nitrogen and oxygen atoms in total. The van der Waals surface area contributed by atoms with Crippen LogP contribution in [-0.2, 0) is 4.74 Å². The van der Waals surface area contributed by atoms with Crippen molar-refractivity contribution in [1.82, 2.24) is 5.32 Å². The largest absolute Gasteiger partial charge is 0.385 e. The van der Waals surface area contributed by atoms with Gasteiger partial charge >= 0.3 is 0 Å². The summed E-state index contributed by atoms with van der Waals surface area (Å²) >= 11 is 0. The van der Waals surface area contributed by atoms with Crippen LogP contribution in [-0.4, -0.2) is 31.8 Å². The fourth-order valence-corrected chi connectivity index (χ4v) is 2.48. The Morgan fingerprint density at radius 3 is 2.38 bits per heavy atom. The second-order valence-corrected chi connectivity index (χ2v) is 5.34. The lowest BCUT2D eigenvalue weighted by molar-refractivity contribution is 0.154. The van der Waals surface area contributed by atoms with Gasteiger partial charge < -0.3 is 15.8 Å². The maximum atomic E-state index is 5.89. The monoisotopic (exact) mass is 228 g/mol. The average Bonchev–Trinajstić information content (AvgIpc) is 2.55. The zero-order valence-electron chi connectivity index (χ0n) is 10.9. The van der Waals surface area contributed by atoms with Gasteiger partial charge in [-0.05, 0) is 26.2 Å². The van der Waals surface area contributed by atoms with Crippen molar-refractivity contribution in [2.75, 3.05) is 20.3 Å². The van der Waals surface area contributed by atoms with Crippen LogP contribution in [0.5, 0.6) is 0 Å². The fourth-order valence-electron chi connectivity index (χ4n) is 2.48. The third kappa shape index (κ3) is 4.81. The molecule has 1 aliphatic rings. The van der Waals surface area contributed by atoms with E-state index in [1.54, 1.807) is 7.11 Å². The van der Waals surface area contributed by atoms with Crippen molar-refractivity contribution in [3.05, 3.63) is 0 Å². The molecule has 0 amide bonds. The van der Waals surface area contributed by atoms with E-state index >= 15 is 0 Å². The molecule has 0 aliphatic heterocycles. The Morgan fingerprint density at radius 1 is 1.25 bits per heavy atom. The Morgan fingerprint density at radius 2 is 1.88 bits per heavy atom. The summed E-state index contributed by atoms with van der Waals surface area (Å²) in [5.74, 6) is 0. The van der Waals surface area contributed by atoms with Crippen molar-refractivity contribution in [2.24, 2.45) is 5.73 Å². The maximum absolute atomic E-state index is 5.89. The van der Waals surface area contributed by atoms with E-state index in [1.165, 1.54) is 38.5 Å². The Bertz CT molecular complexity index is 179. The third-order valence-corrected chi connectivity index (χ3v) is 3.72. The van der Waals surface area contributed by atoms with Crippen molar-refractivity contribution in [1.29, 1.82) is 0 Å². The van der Waals surface area contributed by atoms with E-state index in [1.807, 2.05) is 0 Å². The lowest BCUT2D eigenvalue weighted by Gasteiger charge is -2.34. The van der Waals surface area contributed by atoms with E-state index in [0.29, 0.717) is 12.6 Å². The van der Waals surface area contributed by atoms with E-state index in [0.717, 1.165) is 13.0 Å². The first-order chi connectivity index (χ1) is 7.70. The molecule has 1 unspecified atom stereocenters. The minimum Gasteiger partial charge on any atom is -0.385 e. The van der Waals surface area contributed by atoms with Crippen LogP contribution in [0.15, 0.2) is 0 Å². The normalized spacial score (nSPS) is 22.7. The number of nitrogens with one attached hydrogen (secondary N) is 1. The number of hydrogen-bond acceptors (Lipinski definition) is 3. The van der Waals surface area contributed by atoms with Gasteiger partial charge in [0.2, 0.25) is 0 Å². The van der Waals surface area contributed by atoms with Gasteiger partial charge in [0.15, 0.2) is 0 Å². The molecule has 0 aromatic carbocycles. The smallest absolute Gasteiger partial charge is 0.0480 e. The van der Waals surface area contributed by atoms with Crippen LogP contribution in [0.3, 0.4) is 0 Å². The number of nitrogens with two attached hydrogens (primary N) is 1. The molecule has 1 aliphatic carbocycles. The molecular weight excluding hydrogens is 200 g/mol. The Balaban J connectivity index is 2.40. The van der Waals surface area contributed by atoms with Gasteiger partial charge in [0.05, 0.1) is 0 Å². The van der Waals surface area contributed by atoms with E-state index in [2.05, 4.69) is 12.2 Å². The molecule has 3 heteroatoms. The zero-order valence-corrected chi connectivity index (χ0v) is 10.9. The summed E-state index contributed by atoms with van der Waals surface area (Å²) in [7, 11) is 1.75. The average molecular weight is 228 g/mol. The molecule has 0 heterocycles. The molecule has 1 fully saturated rings. The number of methoxy groups -OCH3 is 1. The van der Waals surface area contributed by atoms with E-state index in [4.69, 9.17) is 10.5 Å². The van der Waals surface area contributed by atoms with Crippen molar-refractivity contribution in [2.45, 2.75) is 63.5 Å². The molecule has 96 valence electrons. The number of rotatable bonds is 6. The summed E-state index contributed by atoms with van der Waals surface area (Å²) in [6, 6.07) is 0.660. The molecule has 0 aromatic rings. The van der Waals surface area contributed by atoms with Crippen molar-refractivity contribution in [3.8, 4) is 0 Å². The van der Waals surface area contributed by atoms with Crippen LogP contribution in [0.2, 0.25) is 0 Å². The Hall–Kier alpha value is -0.120. The summed E-state index contributed by atoms with van der Waals surface area (Å²) in [4.78, 5) is 0. The first kappa shape index (κ1) is 13.9. The van der Waals surface area contributed by atoms with E-state index < -0.39 is 0 Å². The van der Waals surface area contributed by atoms with Gasteiger partial charge in [-0.3, -0.25) is 0 Å². The van der Waals surface area contributed by atoms with Gasteiger partial charge in [0, 0.05) is 31.8 Å². The SMILES string of the molecule is COCCC(C)(CN)NC1CCCCCC1. The van der Waals surface area contributed by atoms with Crippen LogP contribution >= 0.6 is 0 Å². The fraction of sp³-hybridized carbons (Fsp3) is 1.00. The highest BCUT2D eigenvalue weighted by molar-refractivity contribution is 4.88. The minimum atomic E-state index is 0.0466. The highest BCUT2D eigenvalue weighted by atomic mass is 16.5. The molecule has 0 saturated heterocycles. The molecule has 16 heavy (non-hydrogen) atoms. The van der Waals surface area contributed by atoms with Crippen LogP contribution in [0.1, 0.15) is 51.9 Å².